The van der Waals surface area contributed by atoms with Crippen molar-refractivity contribution in [2.24, 2.45) is 0 Å². The van der Waals surface area contributed by atoms with Gasteiger partial charge in [0.1, 0.15) is 0 Å². The van der Waals surface area contributed by atoms with Gasteiger partial charge in [0.2, 0.25) is 4.33 Å². The molecule has 156 valence electrons. The zero-order chi connectivity index (χ0) is 20.3. The van der Waals surface area contributed by atoms with Crippen LogP contribution in [0.5, 0.6) is 0 Å². The molecule has 1 atom stereocenters. The summed E-state index contributed by atoms with van der Waals surface area (Å²) in [5, 5.41) is 9.12. The van der Waals surface area contributed by atoms with Crippen LogP contribution in [0.3, 0.4) is 0 Å². The fraction of sp³-hybridized carbons (Fsp3) is 0.947. The van der Waals surface area contributed by atoms with Gasteiger partial charge in [-0.25, -0.2) is 4.79 Å². The second kappa shape index (κ2) is 13.2. The lowest BCUT2D eigenvalue weighted by Gasteiger charge is -2.40. The number of rotatable bonds is 16. The van der Waals surface area contributed by atoms with Crippen LogP contribution in [-0.4, -0.2) is 24.6 Å². The summed E-state index contributed by atoms with van der Waals surface area (Å²) in [6, 6.07) is 0. The first kappa shape index (κ1) is 26.9. The maximum atomic E-state index is 11.2. The smallest absolute Gasteiger partial charge is 0.343 e. The van der Waals surface area contributed by atoms with Crippen molar-refractivity contribution in [3.8, 4) is 0 Å². The van der Waals surface area contributed by atoms with Crippen molar-refractivity contribution in [2.75, 3.05) is 0 Å². The highest BCUT2D eigenvalue weighted by molar-refractivity contribution is 6.70. The Balaban J connectivity index is 3.91. The van der Waals surface area contributed by atoms with Gasteiger partial charge in [-0.05, 0) is 13.3 Å². The molecule has 26 heavy (non-hydrogen) atoms. The van der Waals surface area contributed by atoms with Crippen molar-refractivity contribution < 1.29 is 9.90 Å². The Bertz CT molecular complexity index is 397. The number of hydrogen-bond donors (Lipinski definition) is 1. The molecule has 0 saturated carbocycles. The third-order valence-corrected chi connectivity index (χ3v) is 8.16. The Hall–Kier alpha value is 0.920. The van der Waals surface area contributed by atoms with Crippen LogP contribution in [0, 0.1) is 0 Å². The van der Waals surface area contributed by atoms with Crippen molar-refractivity contribution in [1.29, 1.82) is 0 Å². The highest BCUT2D eigenvalue weighted by Gasteiger charge is 2.62. The summed E-state index contributed by atoms with van der Waals surface area (Å²) in [6.45, 7) is 3.82. The molecule has 0 heterocycles. The third-order valence-electron chi connectivity index (χ3n) is 4.82. The monoisotopic (exact) mass is 468 g/mol. The summed E-state index contributed by atoms with van der Waals surface area (Å²) in [5.41, 5.74) is 0. The van der Waals surface area contributed by atoms with E-state index in [1.54, 1.807) is 6.92 Å². The van der Waals surface area contributed by atoms with Crippen molar-refractivity contribution >= 4 is 64.0 Å². The molecule has 0 bridgehead atoms. The normalized spacial score (nSPS) is 15.0. The lowest BCUT2D eigenvalue weighted by Crippen LogP contribution is -2.55. The minimum atomic E-state index is -2.37. The zero-order valence-electron chi connectivity index (χ0n) is 15.9. The van der Waals surface area contributed by atoms with Crippen molar-refractivity contribution in [3.63, 3.8) is 0 Å². The second-order valence-electron chi connectivity index (χ2n) is 7.29. The van der Waals surface area contributed by atoms with Crippen LogP contribution < -0.4 is 0 Å². The molecule has 0 aromatic rings. The minimum absolute atomic E-state index is 0.438. The molecule has 0 aromatic carbocycles. The van der Waals surface area contributed by atoms with Crippen LogP contribution in [0.25, 0.3) is 0 Å². The van der Waals surface area contributed by atoms with Gasteiger partial charge < -0.3 is 5.11 Å². The molecule has 0 spiro atoms. The van der Waals surface area contributed by atoms with Gasteiger partial charge in [-0.15, -0.1) is 11.6 Å². The first-order chi connectivity index (χ1) is 12.0. The van der Waals surface area contributed by atoms with E-state index in [2.05, 4.69) is 6.92 Å². The molecule has 0 aliphatic heterocycles. The number of aliphatic carboxylic acids is 1. The number of alkyl halides is 5. The molecule has 0 aliphatic rings. The SMILES string of the molecule is CCCCCCCCCCCCCCC(C)(Cl)C(Cl)(Cl)C(Cl)(Cl)C(=O)O. The van der Waals surface area contributed by atoms with E-state index < -0.39 is 19.5 Å². The molecule has 7 heteroatoms. The predicted octanol–water partition coefficient (Wildman–Crippen LogP) is 8.51. The second-order valence-corrected chi connectivity index (χ2v) is 10.8. The topological polar surface area (TPSA) is 37.3 Å². The average molecular weight is 471 g/mol. The Morgan fingerprint density at radius 1 is 0.731 bits per heavy atom. The summed E-state index contributed by atoms with van der Waals surface area (Å²) < 4.78 is -4.38. The molecule has 0 aliphatic carbocycles. The Kier molecular flexibility index (Phi) is 13.7. The lowest BCUT2D eigenvalue weighted by atomic mass is 9.94. The number of hydrogen-bond acceptors (Lipinski definition) is 1. The van der Waals surface area contributed by atoms with E-state index in [-0.39, 0.29) is 0 Å². The molecule has 2 nitrogen and oxygen atoms in total. The number of unbranched alkanes of at least 4 members (excludes halogenated alkanes) is 11. The maximum absolute atomic E-state index is 11.2. The van der Waals surface area contributed by atoms with Crippen LogP contribution in [0.4, 0.5) is 0 Å². The standard InChI is InChI=1S/C19H33Cl5O2/c1-3-4-5-6-7-8-9-10-11-12-13-14-15-17(2,20)19(23,24)18(21,22)16(25)26/h3-15H2,1-2H3,(H,25,26). The van der Waals surface area contributed by atoms with Gasteiger partial charge in [0.25, 0.3) is 0 Å². The summed E-state index contributed by atoms with van der Waals surface area (Å²) in [4.78, 5) is 9.96. The summed E-state index contributed by atoms with van der Waals surface area (Å²) in [5.74, 6) is -1.51. The molecule has 0 saturated heterocycles. The molecule has 1 N–H and O–H groups in total. The molecule has 0 radical (unpaired) electrons. The quantitative estimate of drug-likeness (QED) is 0.181. The number of halogens is 5. The van der Waals surface area contributed by atoms with Gasteiger partial charge in [-0.3, -0.25) is 0 Å². The fourth-order valence-electron chi connectivity index (χ4n) is 2.92. The number of carboxylic acid groups (broad SMARTS) is 1. The van der Waals surface area contributed by atoms with Crippen LogP contribution in [0.1, 0.15) is 97.3 Å². The van der Waals surface area contributed by atoms with Gasteiger partial charge in [0.05, 0.1) is 4.87 Å². The summed E-state index contributed by atoms with van der Waals surface area (Å²) >= 11 is 30.3. The highest BCUT2D eigenvalue weighted by Crippen LogP contribution is 2.54. The van der Waals surface area contributed by atoms with Crippen LogP contribution in [-0.2, 0) is 4.79 Å². The largest absolute Gasteiger partial charge is 0.479 e. The zero-order valence-corrected chi connectivity index (χ0v) is 19.7. The maximum Gasteiger partial charge on any atom is 0.343 e. The van der Waals surface area contributed by atoms with E-state index in [1.165, 1.54) is 57.8 Å². The molecule has 0 amide bonds. The Morgan fingerprint density at radius 2 is 1.08 bits per heavy atom. The number of carboxylic acids is 1. The first-order valence-corrected chi connectivity index (χ1v) is 11.6. The number of carbonyl (C=O) groups is 1. The van der Waals surface area contributed by atoms with E-state index >= 15 is 0 Å². The molecular weight excluding hydrogens is 437 g/mol. The van der Waals surface area contributed by atoms with Gasteiger partial charge >= 0.3 is 5.97 Å². The van der Waals surface area contributed by atoms with Crippen LogP contribution >= 0.6 is 58.0 Å². The van der Waals surface area contributed by atoms with Gasteiger partial charge in [0.15, 0.2) is 4.33 Å². The third kappa shape index (κ3) is 8.95. The van der Waals surface area contributed by atoms with E-state index in [4.69, 9.17) is 63.1 Å². The van der Waals surface area contributed by atoms with Gasteiger partial charge in [0, 0.05) is 0 Å². The Morgan fingerprint density at radius 3 is 1.42 bits per heavy atom. The van der Waals surface area contributed by atoms with Crippen LogP contribution in [0.2, 0.25) is 0 Å². The lowest BCUT2D eigenvalue weighted by molar-refractivity contribution is -0.138. The van der Waals surface area contributed by atoms with Gasteiger partial charge in [-0.1, -0.05) is 130 Å². The van der Waals surface area contributed by atoms with Crippen molar-refractivity contribution in [1.82, 2.24) is 0 Å². The van der Waals surface area contributed by atoms with E-state index in [1.807, 2.05) is 0 Å². The fourth-order valence-corrected chi connectivity index (χ4v) is 4.06. The predicted molar refractivity (Wildman–Crippen MR) is 116 cm³/mol. The molecule has 0 aromatic heterocycles. The average Bonchev–Trinajstić information content (AvgIpc) is 2.55. The molecule has 1 unspecified atom stereocenters. The molecule has 0 rings (SSSR count). The summed E-state index contributed by atoms with van der Waals surface area (Å²) in [7, 11) is 0. The van der Waals surface area contributed by atoms with Crippen LogP contribution in [0.15, 0.2) is 0 Å². The van der Waals surface area contributed by atoms with E-state index in [9.17, 15) is 4.79 Å². The Labute approximate surface area is 184 Å². The molecular formula is C19H33Cl5O2. The summed E-state index contributed by atoms with van der Waals surface area (Å²) in [6.07, 6.45) is 15.1. The minimum Gasteiger partial charge on any atom is -0.479 e. The van der Waals surface area contributed by atoms with Crippen molar-refractivity contribution in [2.45, 2.75) is 111 Å². The van der Waals surface area contributed by atoms with E-state index in [0.717, 1.165) is 19.3 Å². The van der Waals surface area contributed by atoms with E-state index in [0.29, 0.717) is 6.42 Å². The van der Waals surface area contributed by atoms with Gasteiger partial charge in [-0.2, -0.15) is 0 Å². The highest BCUT2D eigenvalue weighted by atomic mass is 35.5. The van der Waals surface area contributed by atoms with Crippen molar-refractivity contribution in [3.05, 3.63) is 0 Å². The first-order valence-electron chi connectivity index (χ1n) is 9.68. The molecule has 0 fully saturated rings.